The van der Waals surface area contributed by atoms with Gasteiger partial charge in [-0.3, -0.25) is 9.59 Å². The Morgan fingerprint density at radius 2 is 1.96 bits per heavy atom. The first-order chi connectivity index (χ1) is 10.9. The van der Waals surface area contributed by atoms with Gasteiger partial charge in [-0.15, -0.1) is 0 Å². The largest absolute Gasteiger partial charge is 0.354 e. The van der Waals surface area contributed by atoms with Gasteiger partial charge in [0.15, 0.2) is 0 Å². The number of hydrogen-bond acceptors (Lipinski definition) is 3. The van der Waals surface area contributed by atoms with E-state index in [2.05, 4.69) is 31.3 Å². The number of benzene rings is 1. The van der Waals surface area contributed by atoms with Crippen LogP contribution in [0.1, 0.15) is 31.7 Å². The first-order valence-corrected chi connectivity index (χ1v) is 8.24. The molecule has 126 valence electrons. The fraction of sp³-hybridized carbons (Fsp3) is 0.556. The summed E-state index contributed by atoms with van der Waals surface area (Å²) in [6.07, 6.45) is 0.582. The van der Waals surface area contributed by atoms with Crippen molar-refractivity contribution < 1.29 is 9.59 Å². The average molecular weight is 317 g/mol. The number of carbonyl (C=O) groups is 2. The fourth-order valence-electron chi connectivity index (χ4n) is 2.74. The van der Waals surface area contributed by atoms with Crippen molar-refractivity contribution in [1.29, 1.82) is 0 Å². The summed E-state index contributed by atoms with van der Waals surface area (Å²) in [6, 6.07) is 8.05. The number of amides is 2. The molecule has 1 fully saturated rings. The molecule has 1 N–H and O–H groups in total. The van der Waals surface area contributed by atoms with Crippen LogP contribution in [0.15, 0.2) is 24.3 Å². The van der Waals surface area contributed by atoms with Gasteiger partial charge in [0.2, 0.25) is 11.8 Å². The van der Waals surface area contributed by atoms with Crippen LogP contribution in [0.5, 0.6) is 0 Å². The zero-order valence-corrected chi connectivity index (χ0v) is 14.5. The molecule has 0 bridgehead atoms. The van der Waals surface area contributed by atoms with E-state index in [0.29, 0.717) is 25.4 Å². The van der Waals surface area contributed by atoms with Crippen molar-refractivity contribution in [2.45, 2.75) is 26.2 Å². The lowest BCUT2D eigenvalue weighted by Gasteiger charge is -2.18. The summed E-state index contributed by atoms with van der Waals surface area (Å²) in [5.74, 6) is -0.335. The number of carbonyl (C=O) groups excluding carboxylic acids is 2. The van der Waals surface area contributed by atoms with E-state index in [1.54, 1.807) is 4.90 Å². The van der Waals surface area contributed by atoms with Crippen molar-refractivity contribution >= 4 is 17.5 Å². The lowest BCUT2D eigenvalue weighted by Crippen LogP contribution is -2.39. The van der Waals surface area contributed by atoms with E-state index in [1.165, 1.54) is 5.56 Å². The van der Waals surface area contributed by atoms with Crippen LogP contribution in [0.2, 0.25) is 0 Å². The number of likely N-dealkylation sites (N-methyl/N-ethyl adjacent to an activating group) is 1. The van der Waals surface area contributed by atoms with E-state index in [-0.39, 0.29) is 11.8 Å². The highest BCUT2D eigenvalue weighted by atomic mass is 16.2. The molecule has 5 heteroatoms. The van der Waals surface area contributed by atoms with Gasteiger partial charge in [0.1, 0.15) is 5.92 Å². The monoisotopic (exact) mass is 317 g/mol. The Morgan fingerprint density at radius 3 is 2.52 bits per heavy atom. The molecule has 1 heterocycles. The highest BCUT2D eigenvalue weighted by Gasteiger charge is 2.37. The van der Waals surface area contributed by atoms with Crippen molar-refractivity contribution in [1.82, 2.24) is 10.2 Å². The van der Waals surface area contributed by atoms with Crippen LogP contribution < -0.4 is 10.2 Å². The van der Waals surface area contributed by atoms with Gasteiger partial charge in [-0.25, -0.2) is 0 Å². The minimum absolute atomic E-state index is 0.0929. The van der Waals surface area contributed by atoms with E-state index < -0.39 is 5.92 Å². The smallest absolute Gasteiger partial charge is 0.239 e. The Bertz CT molecular complexity index is 552. The van der Waals surface area contributed by atoms with Crippen LogP contribution in [-0.4, -0.2) is 50.4 Å². The summed E-state index contributed by atoms with van der Waals surface area (Å²) < 4.78 is 0. The molecule has 1 aromatic rings. The molecule has 0 aliphatic carbocycles. The number of hydrogen-bond donors (Lipinski definition) is 1. The van der Waals surface area contributed by atoms with Crippen molar-refractivity contribution in [3.63, 3.8) is 0 Å². The molecule has 23 heavy (non-hydrogen) atoms. The lowest BCUT2D eigenvalue weighted by molar-refractivity contribution is -0.132. The minimum atomic E-state index is -0.554. The van der Waals surface area contributed by atoms with Gasteiger partial charge in [0, 0.05) is 25.3 Å². The molecule has 1 aromatic carbocycles. The SMILES string of the molecule is CC(C)c1ccc(N2CC[C@@H](C(=O)NCCN(C)C)C2=O)cc1. The molecule has 0 radical (unpaired) electrons. The summed E-state index contributed by atoms with van der Waals surface area (Å²) in [5.41, 5.74) is 2.13. The van der Waals surface area contributed by atoms with Crippen LogP contribution in [-0.2, 0) is 9.59 Å². The highest BCUT2D eigenvalue weighted by molar-refractivity contribution is 6.09. The third-order valence-corrected chi connectivity index (χ3v) is 4.25. The first kappa shape index (κ1) is 17.5. The predicted molar refractivity (Wildman–Crippen MR) is 92.6 cm³/mol. The van der Waals surface area contributed by atoms with Gasteiger partial charge in [-0.05, 0) is 44.1 Å². The second kappa shape index (κ2) is 7.59. The Kier molecular flexibility index (Phi) is 5.77. The Morgan fingerprint density at radius 1 is 1.30 bits per heavy atom. The number of anilines is 1. The summed E-state index contributed by atoms with van der Waals surface area (Å²) in [7, 11) is 3.91. The number of nitrogens with one attached hydrogen (secondary N) is 1. The third kappa shape index (κ3) is 4.32. The molecule has 2 rings (SSSR count). The Hall–Kier alpha value is -1.88. The minimum Gasteiger partial charge on any atom is -0.354 e. The van der Waals surface area contributed by atoms with E-state index >= 15 is 0 Å². The molecule has 0 saturated carbocycles. The maximum absolute atomic E-state index is 12.5. The second-order valence-corrected chi connectivity index (χ2v) is 6.67. The summed E-state index contributed by atoms with van der Waals surface area (Å²) >= 11 is 0. The van der Waals surface area contributed by atoms with Crippen LogP contribution in [0.3, 0.4) is 0 Å². The maximum atomic E-state index is 12.5. The normalized spacial score (nSPS) is 18.1. The van der Waals surface area contributed by atoms with Crippen molar-refractivity contribution in [2.75, 3.05) is 38.6 Å². The van der Waals surface area contributed by atoms with Gasteiger partial charge in [-0.2, -0.15) is 0 Å². The summed E-state index contributed by atoms with van der Waals surface area (Å²) in [4.78, 5) is 28.4. The van der Waals surface area contributed by atoms with Crippen molar-refractivity contribution in [2.24, 2.45) is 5.92 Å². The van der Waals surface area contributed by atoms with Gasteiger partial charge in [-0.1, -0.05) is 26.0 Å². The maximum Gasteiger partial charge on any atom is 0.239 e. The van der Waals surface area contributed by atoms with Crippen molar-refractivity contribution in [3.8, 4) is 0 Å². The highest BCUT2D eigenvalue weighted by Crippen LogP contribution is 2.27. The van der Waals surface area contributed by atoms with E-state index in [0.717, 1.165) is 12.2 Å². The van der Waals surface area contributed by atoms with E-state index in [9.17, 15) is 9.59 Å². The quantitative estimate of drug-likeness (QED) is 0.815. The molecule has 1 atom stereocenters. The van der Waals surface area contributed by atoms with Gasteiger partial charge in [0.05, 0.1) is 0 Å². The van der Waals surface area contributed by atoms with E-state index in [1.807, 2.05) is 31.1 Å². The lowest BCUT2D eigenvalue weighted by atomic mass is 10.0. The van der Waals surface area contributed by atoms with E-state index in [4.69, 9.17) is 0 Å². The molecule has 5 nitrogen and oxygen atoms in total. The molecular weight excluding hydrogens is 290 g/mol. The number of rotatable bonds is 6. The van der Waals surface area contributed by atoms with Gasteiger partial charge < -0.3 is 15.1 Å². The third-order valence-electron chi connectivity index (χ3n) is 4.25. The van der Waals surface area contributed by atoms with Gasteiger partial charge in [0.25, 0.3) is 0 Å². The zero-order chi connectivity index (χ0) is 17.0. The molecule has 1 saturated heterocycles. The van der Waals surface area contributed by atoms with Crippen LogP contribution in [0.25, 0.3) is 0 Å². The zero-order valence-electron chi connectivity index (χ0n) is 14.5. The van der Waals surface area contributed by atoms with Crippen LogP contribution in [0, 0.1) is 5.92 Å². The topological polar surface area (TPSA) is 52.7 Å². The van der Waals surface area contributed by atoms with Crippen LogP contribution in [0.4, 0.5) is 5.69 Å². The molecule has 2 amide bonds. The fourth-order valence-corrected chi connectivity index (χ4v) is 2.74. The molecule has 1 aliphatic rings. The Labute approximate surface area is 138 Å². The van der Waals surface area contributed by atoms with Gasteiger partial charge >= 0.3 is 0 Å². The first-order valence-electron chi connectivity index (χ1n) is 8.24. The summed E-state index contributed by atoms with van der Waals surface area (Å²) in [6.45, 7) is 6.23. The predicted octanol–water partition coefficient (Wildman–Crippen LogP) is 1.84. The molecule has 0 unspecified atom stereocenters. The summed E-state index contributed by atoms with van der Waals surface area (Å²) in [5, 5.41) is 2.85. The molecule has 1 aliphatic heterocycles. The molecular formula is C18H27N3O2. The average Bonchev–Trinajstić information content (AvgIpc) is 2.88. The number of nitrogens with zero attached hydrogens (tertiary/aromatic N) is 2. The molecule has 0 spiro atoms. The van der Waals surface area contributed by atoms with Crippen LogP contribution >= 0.6 is 0 Å². The standard InChI is InChI=1S/C18H27N3O2/c1-13(2)14-5-7-15(8-6-14)21-11-9-16(18(21)23)17(22)19-10-12-20(3)4/h5-8,13,16H,9-12H2,1-4H3,(H,19,22)/t16-/m0/s1. The Balaban J connectivity index is 1.96. The van der Waals surface area contributed by atoms with Crippen molar-refractivity contribution in [3.05, 3.63) is 29.8 Å². The molecule has 0 aromatic heterocycles. The second-order valence-electron chi connectivity index (χ2n) is 6.67.